The predicted octanol–water partition coefficient (Wildman–Crippen LogP) is 5.81. The maximum Gasteiger partial charge on any atom is 0.0660 e. The van der Waals surface area contributed by atoms with Crippen LogP contribution in [0, 0.1) is 0 Å². The molecule has 20 heavy (non-hydrogen) atoms. The van der Waals surface area contributed by atoms with Crippen LogP contribution in [0.1, 0.15) is 67.1 Å². The van der Waals surface area contributed by atoms with Gasteiger partial charge in [0.2, 0.25) is 0 Å². The first-order valence-corrected chi connectivity index (χ1v) is 8.71. The summed E-state index contributed by atoms with van der Waals surface area (Å²) in [7, 11) is 0. The van der Waals surface area contributed by atoms with Gasteiger partial charge in [0, 0.05) is 9.35 Å². The summed E-state index contributed by atoms with van der Waals surface area (Å²) in [6, 6.07) is 8.76. The van der Waals surface area contributed by atoms with Crippen molar-refractivity contribution in [3.05, 3.63) is 55.7 Å². The number of benzene rings is 1. The normalized spacial score (nSPS) is 13.2. The number of halogens is 1. The molecule has 0 radical (unpaired) electrons. The van der Waals surface area contributed by atoms with Gasteiger partial charge >= 0.3 is 0 Å². The first-order chi connectivity index (χ1) is 9.41. The summed E-state index contributed by atoms with van der Waals surface area (Å²) in [5.41, 5.74) is 10.5. The van der Waals surface area contributed by atoms with E-state index in [-0.39, 0.29) is 6.04 Å². The molecule has 1 heterocycles. The average Bonchev–Trinajstić information content (AvgIpc) is 2.83. The Hall–Kier alpha value is -0.640. The molecule has 0 saturated carbocycles. The molecule has 0 aliphatic heterocycles. The van der Waals surface area contributed by atoms with E-state index in [4.69, 9.17) is 5.73 Å². The largest absolute Gasteiger partial charge is 0.320 e. The molecule has 0 fully saturated rings. The zero-order valence-electron chi connectivity index (χ0n) is 12.5. The van der Waals surface area contributed by atoms with Gasteiger partial charge in [-0.25, -0.2) is 0 Å². The fourth-order valence-electron chi connectivity index (χ4n) is 2.40. The van der Waals surface area contributed by atoms with Gasteiger partial charge in [0.25, 0.3) is 0 Å². The molecule has 108 valence electrons. The molecule has 1 aromatic carbocycles. The van der Waals surface area contributed by atoms with Crippen LogP contribution < -0.4 is 5.73 Å². The highest BCUT2D eigenvalue weighted by molar-refractivity contribution is 9.10. The van der Waals surface area contributed by atoms with Crippen molar-refractivity contribution in [3.8, 4) is 0 Å². The molecule has 0 spiro atoms. The zero-order chi connectivity index (χ0) is 14.9. The van der Waals surface area contributed by atoms with Gasteiger partial charge in [-0.15, -0.1) is 11.3 Å². The highest BCUT2D eigenvalue weighted by atomic mass is 79.9. The fraction of sp³-hybridized carbons (Fsp3) is 0.412. The number of hydrogen-bond acceptors (Lipinski definition) is 2. The Labute approximate surface area is 134 Å². The molecule has 3 heteroatoms. The fourth-order valence-corrected chi connectivity index (χ4v) is 4.04. The lowest BCUT2D eigenvalue weighted by Crippen LogP contribution is -2.14. The summed E-state index contributed by atoms with van der Waals surface area (Å²) in [6.45, 7) is 8.93. The van der Waals surface area contributed by atoms with E-state index in [1.807, 2.05) is 0 Å². The summed E-state index contributed by atoms with van der Waals surface area (Å²) in [6.07, 6.45) is 0. The number of nitrogens with two attached hydrogens (primary N) is 1. The lowest BCUT2D eigenvalue weighted by atomic mass is 9.88. The van der Waals surface area contributed by atoms with Crippen molar-refractivity contribution in [2.24, 2.45) is 5.73 Å². The van der Waals surface area contributed by atoms with Gasteiger partial charge in [0.1, 0.15) is 0 Å². The van der Waals surface area contributed by atoms with Crippen molar-refractivity contribution in [1.82, 2.24) is 0 Å². The minimum atomic E-state index is -0.0528. The molecular weight excluding hydrogens is 330 g/mol. The van der Waals surface area contributed by atoms with E-state index in [9.17, 15) is 0 Å². The van der Waals surface area contributed by atoms with Gasteiger partial charge in [-0.05, 0) is 55.9 Å². The van der Waals surface area contributed by atoms with Crippen LogP contribution in [0.5, 0.6) is 0 Å². The summed E-state index contributed by atoms with van der Waals surface area (Å²) >= 11 is 5.31. The lowest BCUT2D eigenvalue weighted by Gasteiger charge is -2.20. The molecule has 2 N–H and O–H groups in total. The van der Waals surface area contributed by atoms with Crippen LogP contribution in [0.3, 0.4) is 0 Å². The number of thiophene rings is 1. The third kappa shape index (κ3) is 3.16. The Bertz CT molecular complexity index is 586. The lowest BCUT2D eigenvalue weighted by molar-refractivity contribution is 0.786. The maximum absolute atomic E-state index is 6.51. The first-order valence-electron chi connectivity index (χ1n) is 7.04. The molecule has 1 nitrogen and oxygen atoms in total. The molecule has 0 saturated heterocycles. The topological polar surface area (TPSA) is 26.0 Å². The van der Waals surface area contributed by atoms with Crippen LogP contribution in [0.4, 0.5) is 0 Å². The van der Waals surface area contributed by atoms with E-state index < -0.39 is 0 Å². The van der Waals surface area contributed by atoms with E-state index in [1.165, 1.54) is 21.6 Å². The Morgan fingerprint density at radius 2 is 1.70 bits per heavy atom. The van der Waals surface area contributed by atoms with Crippen LogP contribution >= 0.6 is 27.3 Å². The van der Waals surface area contributed by atoms with Crippen LogP contribution in [0.2, 0.25) is 0 Å². The Morgan fingerprint density at radius 3 is 2.20 bits per heavy atom. The highest BCUT2D eigenvalue weighted by Gasteiger charge is 2.19. The molecule has 0 aliphatic carbocycles. The molecule has 0 amide bonds. The summed E-state index contributed by atoms with van der Waals surface area (Å²) in [5.74, 6) is 1.03. The van der Waals surface area contributed by atoms with Crippen molar-refractivity contribution in [1.29, 1.82) is 0 Å². The van der Waals surface area contributed by atoms with Crippen molar-refractivity contribution >= 4 is 27.3 Å². The van der Waals surface area contributed by atoms with Gasteiger partial charge in [0.05, 0.1) is 6.04 Å². The number of hydrogen-bond donors (Lipinski definition) is 1. The Balaban J connectivity index is 2.48. The van der Waals surface area contributed by atoms with Gasteiger partial charge in [-0.3, -0.25) is 0 Å². The molecule has 2 rings (SSSR count). The third-order valence-corrected chi connectivity index (χ3v) is 5.62. The second-order valence-corrected chi connectivity index (χ2v) is 7.61. The van der Waals surface area contributed by atoms with Crippen LogP contribution in [-0.4, -0.2) is 0 Å². The van der Waals surface area contributed by atoms with Crippen LogP contribution in [-0.2, 0) is 0 Å². The quantitative estimate of drug-likeness (QED) is 0.739. The Kier molecular flexibility index (Phi) is 5.05. The first kappa shape index (κ1) is 15.7. The maximum atomic E-state index is 6.51. The van der Waals surface area contributed by atoms with Crippen molar-refractivity contribution in [2.75, 3.05) is 0 Å². The number of rotatable bonds is 4. The van der Waals surface area contributed by atoms with E-state index in [0.717, 1.165) is 4.47 Å². The average molecular weight is 352 g/mol. The minimum Gasteiger partial charge on any atom is -0.320 e. The van der Waals surface area contributed by atoms with Gasteiger partial charge < -0.3 is 5.73 Å². The smallest absolute Gasteiger partial charge is 0.0660 e. The third-order valence-electron chi connectivity index (χ3n) is 3.66. The SMILES string of the molecule is CC(C)c1ccc(C(N)c2sccc2Br)c(C(C)C)c1. The molecule has 1 atom stereocenters. The van der Waals surface area contributed by atoms with E-state index in [2.05, 4.69) is 73.3 Å². The van der Waals surface area contributed by atoms with E-state index in [1.54, 1.807) is 11.3 Å². The van der Waals surface area contributed by atoms with Gasteiger partial charge in [-0.1, -0.05) is 45.9 Å². The minimum absolute atomic E-state index is 0.0528. The molecular formula is C17H22BrNS. The summed E-state index contributed by atoms with van der Waals surface area (Å²) < 4.78 is 1.11. The van der Waals surface area contributed by atoms with E-state index in [0.29, 0.717) is 11.8 Å². The molecule has 0 bridgehead atoms. The zero-order valence-corrected chi connectivity index (χ0v) is 14.9. The molecule has 1 unspecified atom stereocenters. The van der Waals surface area contributed by atoms with Gasteiger partial charge in [0.15, 0.2) is 0 Å². The monoisotopic (exact) mass is 351 g/mol. The van der Waals surface area contributed by atoms with Crippen LogP contribution in [0.25, 0.3) is 0 Å². The standard InChI is InChI=1S/C17H22BrNS/c1-10(2)12-5-6-13(14(9-12)11(3)4)16(19)17-15(18)7-8-20-17/h5-11,16H,19H2,1-4H3. The second-order valence-electron chi connectivity index (χ2n) is 5.81. The second kappa shape index (κ2) is 6.42. The molecule has 1 aromatic heterocycles. The van der Waals surface area contributed by atoms with E-state index >= 15 is 0 Å². The van der Waals surface area contributed by atoms with Crippen molar-refractivity contribution < 1.29 is 0 Å². The Morgan fingerprint density at radius 1 is 1.00 bits per heavy atom. The molecule has 0 aliphatic rings. The molecule has 2 aromatic rings. The summed E-state index contributed by atoms with van der Waals surface area (Å²) in [5, 5.41) is 2.08. The van der Waals surface area contributed by atoms with Gasteiger partial charge in [-0.2, -0.15) is 0 Å². The van der Waals surface area contributed by atoms with Crippen molar-refractivity contribution in [2.45, 2.75) is 45.6 Å². The predicted molar refractivity (Wildman–Crippen MR) is 92.7 cm³/mol. The highest BCUT2D eigenvalue weighted by Crippen LogP contribution is 2.35. The summed E-state index contributed by atoms with van der Waals surface area (Å²) in [4.78, 5) is 1.20. The van der Waals surface area contributed by atoms with Crippen molar-refractivity contribution in [3.63, 3.8) is 0 Å². The van der Waals surface area contributed by atoms with Crippen LogP contribution in [0.15, 0.2) is 34.1 Å².